The van der Waals surface area contributed by atoms with E-state index in [4.69, 9.17) is 16.9 Å². The zero-order valence-corrected chi connectivity index (χ0v) is 12.8. The molecule has 1 unspecified atom stereocenters. The molecule has 1 heterocycles. The molecule has 2 rings (SSSR count). The number of hydrogen-bond donors (Lipinski definition) is 0. The molecule has 1 aromatic heterocycles. The Hall–Kier alpha value is -2.12. The van der Waals surface area contributed by atoms with Gasteiger partial charge in [-0.25, -0.2) is 0 Å². The normalized spacial score (nSPS) is 11.9. The number of rotatable bonds is 4. The molecule has 0 saturated carbocycles. The molecule has 0 fully saturated rings. The van der Waals surface area contributed by atoms with Crippen molar-refractivity contribution in [1.82, 2.24) is 9.88 Å². The van der Waals surface area contributed by atoms with Crippen LogP contribution in [0.1, 0.15) is 24.2 Å². The van der Waals surface area contributed by atoms with Gasteiger partial charge in [0.25, 0.3) is 5.91 Å². The first-order valence-corrected chi connectivity index (χ1v) is 7.18. The lowest BCUT2D eigenvalue weighted by molar-refractivity contribution is 0.0754. The van der Waals surface area contributed by atoms with E-state index in [1.54, 1.807) is 36.2 Å². The highest BCUT2D eigenvalue weighted by atomic mass is 35.5. The third-order valence-corrected chi connectivity index (χ3v) is 3.66. The summed E-state index contributed by atoms with van der Waals surface area (Å²) < 4.78 is 0. The quantitative estimate of drug-likeness (QED) is 0.868. The van der Waals surface area contributed by atoms with Crippen molar-refractivity contribution in [2.75, 3.05) is 13.1 Å². The first-order chi connectivity index (χ1) is 10.1. The van der Waals surface area contributed by atoms with E-state index in [0.29, 0.717) is 29.2 Å². The fraction of sp³-hybridized carbons (Fsp3) is 0.312. The van der Waals surface area contributed by atoms with E-state index in [-0.39, 0.29) is 11.8 Å². The zero-order valence-electron chi connectivity index (χ0n) is 12.0. The van der Waals surface area contributed by atoms with Crippen LogP contribution in [0.3, 0.4) is 0 Å². The zero-order chi connectivity index (χ0) is 15.4. The van der Waals surface area contributed by atoms with Crippen LogP contribution in [-0.2, 0) is 0 Å². The molecule has 5 heteroatoms. The van der Waals surface area contributed by atoms with Crippen molar-refractivity contribution in [1.29, 1.82) is 5.26 Å². The molecule has 1 aromatic carbocycles. The average Bonchev–Trinajstić information content (AvgIpc) is 2.52. The van der Waals surface area contributed by atoms with Crippen LogP contribution in [0.5, 0.6) is 0 Å². The maximum Gasteiger partial charge on any atom is 0.256 e. The lowest BCUT2D eigenvalue weighted by Gasteiger charge is -2.22. The molecule has 4 nitrogen and oxygen atoms in total. The first-order valence-electron chi connectivity index (χ1n) is 6.80. The summed E-state index contributed by atoms with van der Waals surface area (Å²) in [5, 5.41) is 10.3. The summed E-state index contributed by atoms with van der Waals surface area (Å²) in [6.45, 7) is 4.65. The van der Waals surface area contributed by atoms with Gasteiger partial charge in [0.05, 0.1) is 28.1 Å². The van der Waals surface area contributed by atoms with Gasteiger partial charge in [-0.2, -0.15) is 5.26 Å². The van der Waals surface area contributed by atoms with Crippen LogP contribution in [0.2, 0.25) is 5.02 Å². The molecule has 1 amide bonds. The highest BCUT2D eigenvalue weighted by molar-refractivity contribution is 6.36. The molecule has 0 aliphatic rings. The smallest absolute Gasteiger partial charge is 0.256 e. The minimum atomic E-state index is -0.208. The molecule has 21 heavy (non-hydrogen) atoms. The van der Waals surface area contributed by atoms with Gasteiger partial charge in [-0.15, -0.1) is 0 Å². The van der Waals surface area contributed by atoms with Crippen LogP contribution in [0, 0.1) is 17.2 Å². The molecule has 108 valence electrons. The molecular weight excluding hydrogens is 286 g/mol. The summed E-state index contributed by atoms with van der Waals surface area (Å²) in [5.74, 6) is -0.333. The number of carbonyl (C=O) groups excluding carboxylic acids is 1. The number of fused-ring (bicyclic) bond motifs is 1. The average molecular weight is 302 g/mol. The molecule has 0 N–H and O–H groups in total. The molecule has 0 spiro atoms. The van der Waals surface area contributed by atoms with E-state index in [2.05, 4.69) is 11.1 Å². The predicted molar refractivity (Wildman–Crippen MR) is 83.1 cm³/mol. The van der Waals surface area contributed by atoms with Crippen LogP contribution in [0.25, 0.3) is 10.9 Å². The number of hydrogen-bond acceptors (Lipinski definition) is 3. The van der Waals surface area contributed by atoms with Gasteiger partial charge in [-0.05, 0) is 38.1 Å². The maximum atomic E-state index is 12.7. The van der Waals surface area contributed by atoms with Gasteiger partial charge in [-0.3, -0.25) is 9.78 Å². The van der Waals surface area contributed by atoms with E-state index in [1.807, 2.05) is 13.0 Å². The number of carbonyl (C=O) groups is 1. The van der Waals surface area contributed by atoms with Crippen molar-refractivity contribution in [3.63, 3.8) is 0 Å². The van der Waals surface area contributed by atoms with E-state index >= 15 is 0 Å². The Morgan fingerprint density at radius 1 is 1.48 bits per heavy atom. The van der Waals surface area contributed by atoms with Gasteiger partial charge in [0.1, 0.15) is 0 Å². The Kier molecular flexibility index (Phi) is 4.77. The first kappa shape index (κ1) is 15.3. The second-order valence-electron chi connectivity index (χ2n) is 4.87. The van der Waals surface area contributed by atoms with Crippen molar-refractivity contribution in [2.45, 2.75) is 13.8 Å². The molecule has 0 aliphatic carbocycles. The fourth-order valence-corrected chi connectivity index (χ4v) is 2.42. The minimum Gasteiger partial charge on any atom is -0.338 e. The number of amides is 1. The number of nitrogens with zero attached hydrogens (tertiary/aromatic N) is 3. The highest BCUT2D eigenvalue weighted by Gasteiger charge is 2.20. The number of halogens is 1. The van der Waals surface area contributed by atoms with Crippen molar-refractivity contribution in [2.24, 2.45) is 5.92 Å². The maximum absolute atomic E-state index is 12.7. The molecular formula is C16H16ClN3O. The van der Waals surface area contributed by atoms with Crippen molar-refractivity contribution in [3.8, 4) is 6.07 Å². The highest BCUT2D eigenvalue weighted by Crippen LogP contribution is 2.25. The van der Waals surface area contributed by atoms with Gasteiger partial charge >= 0.3 is 0 Å². The number of aromatic nitrogens is 1. The molecule has 2 aromatic rings. The number of pyridine rings is 1. The van der Waals surface area contributed by atoms with Gasteiger partial charge in [0.2, 0.25) is 0 Å². The fourth-order valence-electron chi connectivity index (χ4n) is 2.21. The van der Waals surface area contributed by atoms with Crippen LogP contribution in [-0.4, -0.2) is 28.9 Å². The summed E-state index contributed by atoms with van der Waals surface area (Å²) in [6.07, 6.45) is 1.64. The Morgan fingerprint density at radius 2 is 2.24 bits per heavy atom. The summed E-state index contributed by atoms with van der Waals surface area (Å²) in [7, 11) is 0. The van der Waals surface area contributed by atoms with Gasteiger partial charge in [0.15, 0.2) is 0 Å². The predicted octanol–water partition coefficient (Wildman–Crippen LogP) is 3.51. The molecule has 0 saturated heterocycles. The van der Waals surface area contributed by atoms with E-state index in [0.717, 1.165) is 5.39 Å². The molecule has 0 radical (unpaired) electrons. The lowest BCUT2D eigenvalue weighted by atomic mass is 10.1. The monoisotopic (exact) mass is 301 g/mol. The SMILES string of the molecule is CCN(CC(C)C#N)C(=O)c1ccc(Cl)c2cccnc12. The van der Waals surface area contributed by atoms with Crippen molar-refractivity contribution < 1.29 is 4.79 Å². The molecule has 0 bridgehead atoms. The van der Waals surface area contributed by atoms with Gasteiger partial charge in [0, 0.05) is 24.7 Å². The van der Waals surface area contributed by atoms with Crippen LogP contribution in [0.15, 0.2) is 30.5 Å². The third kappa shape index (κ3) is 3.14. The lowest BCUT2D eigenvalue weighted by Crippen LogP contribution is -2.34. The van der Waals surface area contributed by atoms with E-state index < -0.39 is 0 Å². The largest absolute Gasteiger partial charge is 0.338 e. The Labute approximate surface area is 129 Å². The van der Waals surface area contributed by atoms with Crippen LogP contribution in [0.4, 0.5) is 0 Å². The molecule has 0 aliphatic heterocycles. The second-order valence-corrected chi connectivity index (χ2v) is 5.28. The Balaban J connectivity index is 2.44. The van der Waals surface area contributed by atoms with Crippen LogP contribution >= 0.6 is 11.6 Å². The van der Waals surface area contributed by atoms with Crippen LogP contribution < -0.4 is 0 Å². The van der Waals surface area contributed by atoms with Gasteiger partial charge < -0.3 is 4.90 Å². The van der Waals surface area contributed by atoms with Crippen molar-refractivity contribution >= 4 is 28.4 Å². The minimum absolute atomic E-state index is 0.125. The summed E-state index contributed by atoms with van der Waals surface area (Å²) in [5.41, 5.74) is 1.11. The third-order valence-electron chi connectivity index (χ3n) is 3.33. The Morgan fingerprint density at radius 3 is 2.90 bits per heavy atom. The second kappa shape index (κ2) is 6.55. The number of nitriles is 1. The van der Waals surface area contributed by atoms with Crippen molar-refractivity contribution in [3.05, 3.63) is 41.0 Å². The summed E-state index contributed by atoms with van der Waals surface area (Å²) >= 11 is 6.15. The molecule has 1 atom stereocenters. The summed E-state index contributed by atoms with van der Waals surface area (Å²) in [6, 6.07) is 9.19. The summed E-state index contributed by atoms with van der Waals surface area (Å²) in [4.78, 5) is 18.6. The topological polar surface area (TPSA) is 57.0 Å². The van der Waals surface area contributed by atoms with E-state index in [1.165, 1.54) is 0 Å². The van der Waals surface area contributed by atoms with E-state index in [9.17, 15) is 4.79 Å². The van der Waals surface area contributed by atoms with Gasteiger partial charge in [-0.1, -0.05) is 11.6 Å². The standard InChI is InChI=1S/C16H16ClN3O/c1-3-20(10-11(2)9-18)16(21)13-6-7-14(17)12-5-4-8-19-15(12)13/h4-8,11H,3,10H2,1-2H3. The Bertz CT molecular complexity index is 708. The number of benzene rings is 1.